The Morgan fingerprint density at radius 1 is 1.53 bits per heavy atom. The molecular formula is C13H18N2O2. The van der Waals surface area contributed by atoms with Crippen LogP contribution >= 0.6 is 0 Å². The number of hydrogen-bond acceptors (Lipinski definition) is 3. The largest absolute Gasteiger partial charge is 0.481 e. The van der Waals surface area contributed by atoms with E-state index in [0.717, 1.165) is 19.6 Å². The molecule has 0 radical (unpaired) electrons. The Morgan fingerprint density at radius 3 is 3.00 bits per heavy atom. The number of carboxylic acids is 1. The molecule has 4 nitrogen and oxygen atoms in total. The van der Waals surface area contributed by atoms with E-state index in [1.165, 1.54) is 11.3 Å². The van der Waals surface area contributed by atoms with Crippen molar-refractivity contribution < 1.29 is 9.90 Å². The summed E-state index contributed by atoms with van der Waals surface area (Å²) >= 11 is 0. The highest BCUT2D eigenvalue weighted by atomic mass is 16.4. The zero-order chi connectivity index (χ0) is 12.3. The number of hydrogen-bond donors (Lipinski definition) is 2. The summed E-state index contributed by atoms with van der Waals surface area (Å²) in [6.07, 6.45) is 0.183. The van der Waals surface area contributed by atoms with Crippen molar-refractivity contribution in [2.75, 3.05) is 24.5 Å². The van der Waals surface area contributed by atoms with Crippen molar-refractivity contribution in [3.63, 3.8) is 0 Å². The van der Waals surface area contributed by atoms with Crippen LogP contribution in [-0.2, 0) is 4.79 Å². The zero-order valence-corrected chi connectivity index (χ0v) is 10.0. The van der Waals surface area contributed by atoms with E-state index in [9.17, 15) is 4.79 Å². The van der Waals surface area contributed by atoms with Crippen LogP contribution in [0.4, 0.5) is 5.69 Å². The number of nitrogens with zero attached hydrogens (tertiary/aromatic N) is 1. The van der Waals surface area contributed by atoms with E-state index in [1.807, 2.05) is 12.1 Å². The van der Waals surface area contributed by atoms with Gasteiger partial charge in [0, 0.05) is 31.4 Å². The number of nitrogens with one attached hydrogen (secondary N) is 1. The average Bonchev–Trinajstić information content (AvgIpc) is 2.29. The molecule has 1 aromatic carbocycles. The molecule has 1 fully saturated rings. The summed E-state index contributed by atoms with van der Waals surface area (Å²) in [6.45, 7) is 4.62. The Balaban J connectivity index is 2.07. The number of piperazine rings is 1. The second kappa shape index (κ2) is 5.19. The van der Waals surface area contributed by atoms with Gasteiger partial charge in [0.2, 0.25) is 0 Å². The molecular weight excluding hydrogens is 216 g/mol. The third kappa shape index (κ3) is 2.97. The highest BCUT2D eigenvalue weighted by Crippen LogP contribution is 2.20. The number of carboxylic acid groups (broad SMARTS) is 1. The fourth-order valence-corrected chi connectivity index (χ4v) is 2.31. The fourth-order valence-electron chi connectivity index (χ4n) is 2.31. The van der Waals surface area contributed by atoms with Crippen LogP contribution in [-0.4, -0.2) is 36.8 Å². The third-order valence-corrected chi connectivity index (χ3v) is 3.13. The average molecular weight is 234 g/mol. The van der Waals surface area contributed by atoms with E-state index in [2.05, 4.69) is 29.3 Å². The lowest BCUT2D eigenvalue weighted by atomic mass is 10.1. The standard InChI is InChI=1S/C13H18N2O2/c1-10-4-2-3-5-12(10)15-7-6-14-11(9-15)8-13(16)17/h2-5,11,14H,6-9H2,1H3,(H,16,17). The minimum Gasteiger partial charge on any atom is -0.481 e. The number of anilines is 1. The van der Waals surface area contributed by atoms with Crippen molar-refractivity contribution in [1.82, 2.24) is 5.32 Å². The smallest absolute Gasteiger partial charge is 0.304 e. The van der Waals surface area contributed by atoms with Crippen molar-refractivity contribution >= 4 is 11.7 Å². The van der Waals surface area contributed by atoms with Gasteiger partial charge in [0.15, 0.2) is 0 Å². The van der Waals surface area contributed by atoms with Gasteiger partial charge in [-0.1, -0.05) is 18.2 Å². The summed E-state index contributed by atoms with van der Waals surface area (Å²) < 4.78 is 0. The number of rotatable bonds is 3. The van der Waals surface area contributed by atoms with E-state index >= 15 is 0 Å². The van der Waals surface area contributed by atoms with Gasteiger partial charge in [-0.2, -0.15) is 0 Å². The van der Waals surface area contributed by atoms with Gasteiger partial charge in [-0.25, -0.2) is 0 Å². The lowest BCUT2D eigenvalue weighted by Crippen LogP contribution is -2.51. The molecule has 1 aliphatic rings. The first-order valence-electron chi connectivity index (χ1n) is 5.92. The number of aliphatic carboxylic acids is 1. The Labute approximate surface area is 101 Å². The van der Waals surface area contributed by atoms with Crippen molar-refractivity contribution in [3.05, 3.63) is 29.8 Å². The maximum Gasteiger partial charge on any atom is 0.304 e. The molecule has 0 amide bonds. The quantitative estimate of drug-likeness (QED) is 0.826. The molecule has 17 heavy (non-hydrogen) atoms. The molecule has 1 heterocycles. The highest BCUT2D eigenvalue weighted by molar-refractivity contribution is 5.68. The minimum absolute atomic E-state index is 0.0425. The molecule has 4 heteroatoms. The zero-order valence-electron chi connectivity index (χ0n) is 10.0. The van der Waals surface area contributed by atoms with Crippen LogP contribution in [0.5, 0.6) is 0 Å². The summed E-state index contributed by atoms with van der Waals surface area (Å²) in [7, 11) is 0. The highest BCUT2D eigenvalue weighted by Gasteiger charge is 2.22. The van der Waals surface area contributed by atoms with Gasteiger partial charge in [0.05, 0.1) is 6.42 Å². The van der Waals surface area contributed by atoms with Crippen LogP contribution in [0.3, 0.4) is 0 Å². The second-order valence-electron chi connectivity index (χ2n) is 4.48. The van der Waals surface area contributed by atoms with E-state index in [1.54, 1.807) is 0 Å². The van der Waals surface area contributed by atoms with Crippen LogP contribution in [0.15, 0.2) is 24.3 Å². The van der Waals surface area contributed by atoms with Crippen LogP contribution in [0.1, 0.15) is 12.0 Å². The molecule has 1 unspecified atom stereocenters. The first-order chi connectivity index (χ1) is 8.16. The van der Waals surface area contributed by atoms with Gasteiger partial charge in [0.1, 0.15) is 0 Å². The van der Waals surface area contributed by atoms with E-state index in [4.69, 9.17) is 5.11 Å². The Kier molecular flexibility index (Phi) is 3.64. The van der Waals surface area contributed by atoms with Gasteiger partial charge < -0.3 is 15.3 Å². The number of aryl methyl sites for hydroxylation is 1. The van der Waals surface area contributed by atoms with Crippen molar-refractivity contribution in [2.45, 2.75) is 19.4 Å². The normalized spacial score (nSPS) is 20.3. The van der Waals surface area contributed by atoms with Gasteiger partial charge in [-0.15, -0.1) is 0 Å². The lowest BCUT2D eigenvalue weighted by Gasteiger charge is -2.35. The second-order valence-corrected chi connectivity index (χ2v) is 4.48. The van der Waals surface area contributed by atoms with Gasteiger partial charge >= 0.3 is 5.97 Å². The van der Waals surface area contributed by atoms with Crippen LogP contribution in [0.2, 0.25) is 0 Å². The molecule has 0 aliphatic carbocycles. The van der Waals surface area contributed by atoms with E-state index in [-0.39, 0.29) is 12.5 Å². The first kappa shape index (κ1) is 11.9. The molecule has 0 spiro atoms. The molecule has 1 aromatic rings. The molecule has 0 saturated carbocycles. The molecule has 0 bridgehead atoms. The van der Waals surface area contributed by atoms with Gasteiger partial charge in [-0.05, 0) is 18.6 Å². The lowest BCUT2D eigenvalue weighted by molar-refractivity contribution is -0.137. The van der Waals surface area contributed by atoms with Crippen LogP contribution in [0, 0.1) is 6.92 Å². The van der Waals surface area contributed by atoms with Crippen molar-refractivity contribution in [3.8, 4) is 0 Å². The summed E-state index contributed by atoms with van der Waals surface area (Å²) in [4.78, 5) is 13.0. The molecule has 0 aromatic heterocycles. The number of carbonyl (C=O) groups is 1. The van der Waals surface area contributed by atoms with Crippen LogP contribution in [0.25, 0.3) is 0 Å². The summed E-state index contributed by atoms with van der Waals surface area (Å²) in [5.74, 6) is -0.742. The topological polar surface area (TPSA) is 52.6 Å². The maximum absolute atomic E-state index is 10.7. The number of para-hydroxylation sites is 1. The van der Waals surface area contributed by atoms with E-state index < -0.39 is 5.97 Å². The maximum atomic E-state index is 10.7. The minimum atomic E-state index is -0.742. The van der Waals surface area contributed by atoms with Crippen molar-refractivity contribution in [1.29, 1.82) is 0 Å². The SMILES string of the molecule is Cc1ccccc1N1CCNC(CC(=O)O)C1. The molecule has 2 rings (SSSR count). The van der Waals surface area contributed by atoms with Crippen LogP contribution < -0.4 is 10.2 Å². The molecule has 92 valence electrons. The molecule has 1 atom stereocenters. The predicted molar refractivity (Wildman–Crippen MR) is 67.4 cm³/mol. The summed E-state index contributed by atoms with van der Waals surface area (Å²) in [5, 5.41) is 12.1. The Bertz CT molecular complexity index is 406. The molecule has 1 saturated heterocycles. The Morgan fingerprint density at radius 2 is 2.29 bits per heavy atom. The monoisotopic (exact) mass is 234 g/mol. The predicted octanol–water partition coefficient (Wildman–Crippen LogP) is 1.25. The summed E-state index contributed by atoms with van der Waals surface area (Å²) in [6, 6.07) is 8.27. The van der Waals surface area contributed by atoms with Gasteiger partial charge in [-0.3, -0.25) is 4.79 Å². The van der Waals surface area contributed by atoms with E-state index in [0.29, 0.717) is 0 Å². The molecule has 1 aliphatic heterocycles. The molecule has 2 N–H and O–H groups in total. The summed E-state index contributed by atoms with van der Waals surface area (Å²) in [5.41, 5.74) is 2.45. The first-order valence-corrected chi connectivity index (χ1v) is 5.92. The Hall–Kier alpha value is -1.55. The van der Waals surface area contributed by atoms with Gasteiger partial charge in [0.25, 0.3) is 0 Å². The number of benzene rings is 1. The van der Waals surface area contributed by atoms with Crippen molar-refractivity contribution in [2.24, 2.45) is 0 Å². The fraction of sp³-hybridized carbons (Fsp3) is 0.462. The third-order valence-electron chi connectivity index (χ3n) is 3.13.